The first-order valence-electron chi connectivity index (χ1n) is 4.74. The van der Waals surface area contributed by atoms with Gasteiger partial charge in [-0.2, -0.15) is 4.99 Å². The Hall–Kier alpha value is -2.09. The molecule has 1 heterocycles. The van der Waals surface area contributed by atoms with Gasteiger partial charge in [-0.1, -0.05) is 0 Å². The first-order valence-corrected chi connectivity index (χ1v) is 6.18. The highest BCUT2D eigenvalue weighted by atomic mass is 32.2. The number of fused-ring (bicyclic) bond motifs is 1. The summed E-state index contributed by atoms with van der Waals surface area (Å²) in [5.74, 6) is 0. The van der Waals surface area contributed by atoms with Gasteiger partial charge in [0.05, 0.1) is 0 Å². The summed E-state index contributed by atoms with van der Waals surface area (Å²) in [7, 11) is -0.884. The number of carbonyl (C=O) groups excluding carboxylic acids is 1. The summed E-state index contributed by atoms with van der Waals surface area (Å²) >= 11 is 0. The molecule has 0 aliphatic rings. The van der Waals surface area contributed by atoms with E-state index in [4.69, 9.17) is 0 Å². The number of aliphatic imine (C=N–C) groups is 1. The molecule has 2 rings (SSSR count). The molecule has 0 spiro atoms. The summed E-state index contributed by atoms with van der Waals surface area (Å²) in [5, 5.41) is 7.06. The van der Waals surface area contributed by atoms with Crippen molar-refractivity contribution in [2.45, 2.75) is 4.90 Å². The van der Waals surface area contributed by atoms with Gasteiger partial charge in [-0.3, -0.25) is 0 Å². The van der Waals surface area contributed by atoms with Crippen molar-refractivity contribution < 1.29 is 17.8 Å². The molecule has 0 radical (unpaired) electrons. The molecule has 0 saturated carbocycles. The van der Waals surface area contributed by atoms with Crippen LogP contribution in [-0.4, -0.2) is 43.2 Å². The van der Waals surface area contributed by atoms with Crippen LogP contribution in [0.15, 0.2) is 26.6 Å². The molecule has 2 aromatic rings. The number of aromatic nitrogens is 2. The van der Waals surface area contributed by atoms with Crippen molar-refractivity contribution in [3.05, 3.63) is 12.1 Å². The maximum atomic E-state index is 12.0. The van der Waals surface area contributed by atoms with Gasteiger partial charge in [0.25, 0.3) is 0 Å². The molecule has 0 unspecified atom stereocenters. The second-order valence-corrected chi connectivity index (χ2v) is 5.66. The molecule has 0 aliphatic carbocycles. The molecule has 94 valence electrons. The van der Waals surface area contributed by atoms with Crippen LogP contribution in [0.4, 0.5) is 5.69 Å². The fraction of sp³-hybridized carbons (Fsp3) is 0.222. The number of sulfonamides is 1. The van der Waals surface area contributed by atoms with Crippen molar-refractivity contribution in [1.29, 1.82) is 0 Å². The van der Waals surface area contributed by atoms with Crippen LogP contribution < -0.4 is 0 Å². The van der Waals surface area contributed by atoms with Crippen molar-refractivity contribution in [2.75, 3.05) is 14.1 Å². The molecule has 9 heteroatoms. The lowest BCUT2D eigenvalue weighted by Gasteiger charge is -2.10. The number of hydrogen-bond donors (Lipinski definition) is 0. The molecule has 1 aromatic carbocycles. The fourth-order valence-corrected chi connectivity index (χ4v) is 2.39. The normalized spacial score (nSPS) is 11.7. The number of hydrogen-bond acceptors (Lipinski definition) is 7. The average molecular weight is 268 g/mol. The van der Waals surface area contributed by atoms with Crippen LogP contribution in [0.1, 0.15) is 0 Å². The van der Waals surface area contributed by atoms with Crippen molar-refractivity contribution in [3.63, 3.8) is 0 Å². The first kappa shape index (κ1) is 12.4. The van der Waals surface area contributed by atoms with Crippen molar-refractivity contribution in [1.82, 2.24) is 14.6 Å². The summed E-state index contributed by atoms with van der Waals surface area (Å²) in [6.45, 7) is 0. The Labute approximate surface area is 102 Å². The maximum absolute atomic E-state index is 12.0. The molecular formula is C9H8N4O4S. The minimum Gasteiger partial charge on any atom is -0.243 e. The zero-order valence-corrected chi connectivity index (χ0v) is 10.3. The van der Waals surface area contributed by atoms with Crippen LogP contribution in [0.3, 0.4) is 0 Å². The second kappa shape index (κ2) is 4.30. The molecule has 8 nitrogen and oxygen atoms in total. The highest BCUT2D eigenvalue weighted by molar-refractivity contribution is 7.89. The van der Waals surface area contributed by atoms with E-state index in [1.54, 1.807) is 0 Å². The Morgan fingerprint density at radius 1 is 1.28 bits per heavy atom. The van der Waals surface area contributed by atoms with E-state index < -0.39 is 10.0 Å². The molecule has 0 atom stereocenters. The smallest absolute Gasteiger partial charge is 0.243 e. The lowest BCUT2D eigenvalue weighted by atomic mass is 10.3. The summed E-state index contributed by atoms with van der Waals surface area (Å²) < 4.78 is 29.6. The summed E-state index contributed by atoms with van der Waals surface area (Å²) in [4.78, 5) is 13.6. The van der Waals surface area contributed by atoms with Crippen LogP contribution in [0.25, 0.3) is 11.0 Å². The maximum Gasteiger partial charge on any atom is 0.244 e. The SMILES string of the molecule is CN(C)S(=O)(=O)c1ccc(N=C=O)c2nonc12. The third kappa shape index (κ3) is 1.80. The van der Waals surface area contributed by atoms with Gasteiger partial charge in [0.15, 0.2) is 11.0 Å². The van der Waals surface area contributed by atoms with Gasteiger partial charge in [0.1, 0.15) is 10.6 Å². The first-order chi connectivity index (χ1) is 8.48. The number of isocyanates is 1. The summed E-state index contributed by atoms with van der Waals surface area (Å²) in [6.07, 6.45) is 1.35. The van der Waals surface area contributed by atoms with Crippen LogP contribution in [0.5, 0.6) is 0 Å². The Morgan fingerprint density at radius 2 is 1.94 bits per heavy atom. The van der Waals surface area contributed by atoms with Gasteiger partial charge in [-0.05, 0) is 22.4 Å². The third-order valence-electron chi connectivity index (χ3n) is 2.28. The summed E-state index contributed by atoms with van der Waals surface area (Å²) in [6, 6.07) is 2.63. The molecule has 0 aliphatic heterocycles. The van der Waals surface area contributed by atoms with Crippen molar-refractivity contribution in [2.24, 2.45) is 4.99 Å². The van der Waals surface area contributed by atoms with Gasteiger partial charge < -0.3 is 0 Å². The zero-order chi connectivity index (χ0) is 13.3. The van der Waals surface area contributed by atoms with E-state index in [2.05, 4.69) is 19.9 Å². The van der Waals surface area contributed by atoms with Crippen LogP contribution >= 0.6 is 0 Å². The molecule has 0 fully saturated rings. The van der Waals surface area contributed by atoms with E-state index in [1.807, 2.05) is 0 Å². The van der Waals surface area contributed by atoms with E-state index in [-0.39, 0.29) is 21.6 Å². The molecule has 0 amide bonds. The lowest BCUT2D eigenvalue weighted by Crippen LogP contribution is -2.22. The minimum atomic E-state index is -3.67. The number of nitrogens with zero attached hydrogens (tertiary/aromatic N) is 4. The van der Waals surface area contributed by atoms with E-state index in [9.17, 15) is 13.2 Å². The zero-order valence-electron chi connectivity index (χ0n) is 9.48. The van der Waals surface area contributed by atoms with Crippen molar-refractivity contribution >= 4 is 32.8 Å². The quantitative estimate of drug-likeness (QED) is 0.590. The third-order valence-corrected chi connectivity index (χ3v) is 4.13. The minimum absolute atomic E-state index is 0.0280. The molecule has 18 heavy (non-hydrogen) atoms. The molecule has 0 N–H and O–H groups in total. The fourth-order valence-electron chi connectivity index (χ4n) is 1.38. The summed E-state index contributed by atoms with van der Waals surface area (Å²) in [5.41, 5.74) is 0.278. The molecule has 0 saturated heterocycles. The Balaban J connectivity index is 2.81. The number of benzene rings is 1. The standard InChI is InChI=1S/C9H8N4O4S/c1-13(2)18(15,16)7-4-3-6(10-5-14)8-9(7)12-17-11-8/h3-4H,1-2H3. The Bertz CT molecular complexity index is 743. The highest BCUT2D eigenvalue weighted by Crippen LogP contribution is 2.29. The van der Waals surface area contributed by atoms with E-state index in [1.165, 1.54) is 32.3 Å². The molecular weight excluding hydrogens is 260 g/mol. The highest BCUT2D eigenvalue weighted by Gasteiger charge is 2.24. The Morgan fingerprint density at radius 3 is 2.56 bits per heavy atom. The number of rotatable bonds is 3. The Kier molecular flexibility index (Phi) is 2.95. The predicted octanol–water partition coefficient (Wildman–Crippen LogP) is 0.440. The van der Waals surface area contributed by atoms with Crippen LogP contribution in [-0.2, 0) is 14.8 Å². The average Bonchev–Trinajstić information content (AvgIpc) is 2.78. The van der Waals surface area contributed by atoms with E-state index in [0.29, 0.717) is 0 Å². The van der Waals surface area contributed by atoms with Gasteiger partial charge in [0.2, 0.25) is 16.1 Å². The van der Waals surface area contributed by atoms with Crippen LogP contribution in [0, 0.1) is 0 Å². The van der Waals surface area contributed by atoms with Crippen molar-refractivity contribution in [3.8, 4) is 0 Å². The lowest BCUT2D eigenvalue weighted by molar-refractivity contribution is 0.315. The van der Waals surface area contributed by atoms with E-state index in [0.717, 1.165) is 4.31 Å². The van der Waals surface area contributed by atoms with Gasteiger partial charge >= 0.3 is 0 Å². The monoisotopic (exact) mass is 268 g/mol. The second-order valence-electron chi connectivity index (χ2n) is 3.53. The van der Waals surface area contributed by atoms with E-state index >= 15 is 0 Å². The molecule has 1 aromatic heterocycles. The topological polar surface area (TPSA) is 106 Å². The molecule has 0 bridgehead atoms. The predicted molar refractivity (Wildman–Crippen MR) is 60.5 cm³/mol. The largest absolute Gasteiger partial charge is 0.244 e. The van der Waals surface area contributed by atoms with Gasteiger partial charge in [0, 0.05) is 14.1 Å². The van der Waals surface area contributed by atoms with Gasteiger partial charge in [-0.25, -0.2) is 22.1 Å². The van der Waals surface area contributed by atoms with Crippen LogP contribution in [0.2, 0.25) is 0 Å². The van der Waals surface area contributed by atoms with Gasteiger partial charge in [-0.15, -0.1) is 0 Å².